The van der Waals surface area contributed by atoms with Crippen LogP contribution in [0, 0.1) is 0 Å². The molecule has 1 N–H and O–H groups in total. The van der Waals surface area contributed by atoms with Crippen molar-refractivity contribution in [1.82, 2.24) is 10.3 Å². The minimum Gasteiger partial charge on any atom is -0.435 e. The Hall–Kier alpha value is -1.53. The van der Waals surface area contributed by atoms with E-state index in [4.69, 9.17) is 0 Å². The van der Waals surface area contributed by atoms with Gasteiger partial charge >= 0.3 is 6.61 Å². The second-order valence-corrected chi connectivity index (χ2v) is 5.08. The zero-order valence-corrected chi connectivity index (χ0v) is 11.9. The van der Waals surface area contributed by atoms with Crippen LogP contribution in [-0.4, -0.2) is 18.1 Å². The van der Waals surface area contributed by atoms with Gasteiger partial charge in [-0.3, -0.25) is 0 Å². The third-order valence-corrected chi connectivity index (χ3v) is 3.55. The van der Waals surface area contributed by atoms with Crippen molar-refractivity contribution in [2.45, 2.75) is 26.5 Å². The first-order valence-corrected chi connectivity index (χ1v) is 7.27. The summed E-state index contributed by atoms with van der Waals surface area (Å²) in [4.78, 5) is 4.51. The van der Waals surface area contributed by atoms with Gasteiger partial charge < -0.3 is 10.1 Å². The molecule has 1 aromatic carbocycles. The summed E-state index contributed by atoms with van der Waals surface area (Å²) >= 11 is 1.54. The first-order valence-electron chi connectivity index (χ1n) is 6.39. The Kier molecular flexibility index (Phi) is 5.43. The molecule has 1 aromatic heterocycles. The minimum atomic E-state index is -2.79. The van der Waals surface area contributed by atoms with Crippen LogP contribution < -0.4 is 10.1 Å². The maximum absolute atomic E-state index is 12.1. The molecule has 0 aliphatic heterocycles. The van der Waals surface area contributed by atoms with Crippen LogP contribution in [0.4, 0.5) is 8.78 Å². The Balaban J connectivity index is 2.00. The molecule has 0 spiro atoms. The van der Waals surface area contributed by atoms with Crippen molar-refractivity contribution < 1.29 is 13.5 Å². The zero-order chi connectivity index (χ0) is 14.4. The van der Waals surface area contributed by atoms with E-state index in [1.54, 1.807) is 23.5 Å². The SMILES string of the molecule is CCCNCc1csc(-c2ccc(OC(F)F)cc2)n1. The molecule has 0 fully saturated rings. The van der Waals surface area contributed by atoms with E-state index in [0.29, 0.717) is 0 Å². The summed E-state index contributed by atoms with van der Waals surface area (Å²) < 4.78 is 28.4. The average Bonchev–Trinajstić information content (AvgIpc) is 2.88. The van der Waals surface area contributed by atoms with Gasteiger partial charge in [-0.1, -0.05) is 6.92 Å². The molecule has 0 amide bonds. The van der Waals surface area contributed by atoms with Crippen molar-refractivity contribution in [3.05, 3.63) is 35.3 Å². The fourth-order valence-corrected chi connectivity index (χ4v) is 2.52. The van der Waals surface area contributed by atoms with Gasteiger partial charge in [0.1, 0.15) is 10.8 Å². The molecule has 3 nitrogen and oxygen atoms in total. The lowest BCUT2D eigenvalue weighted by Crippen LogP contribution is -2.13. The second-order valence-electron chi connectivity index (χ2n) is 4.22. The van der Waals surface area contributed by atoms with Crippen molar-refractivity contribution in [3.8, 4) is 16.3 Å². The van der Waals surface area contributed by atoms with E-state index in [0.717, 1.165) is 35.8 Å². The molecule has 0 atom stereocenters. The molecule has 0 saturated heterocycles. The molecule has 0 aliphatic rings. The van der Waals surface area contributed by atoms with Gasteiger partial charge in [-0.15, -0.1) is 11.3 Å². The minimum absolute atomic E-state index is 0.158. The lowest BCUT2D eigenvalue weighted by atomic mass is 10.2. The largest absolute Gasteiger partial charge is 0.435 e. The van der Waals surface area contributed by atoms with E-state index in [1.165, 1.54) is 12.1 Å². The quantitative estimate of drug-likeness (QED) is 0.787. The standard InChI is InChI=1S/C14H16F2N2OS/c1-2-7-17-8-11-9-20-13(18-11)10-3-5-12(6-4-10)19-14(15)16/h3-6,9,14,17H,2,7-8H2,1H3. The number of nitrogens with one attached hydrogen (secondary N) is 1. The number of benzene rings is 1. The van der Waals surface area contributed by atoms with Crippen LogP contribution in [0.15, 0.2) is 29.6 Å². The van der Waals surface area contributed by atoms with E-state index < -0.39 is 6.61 Å². The third-order valence-electron chi connectivity index (χ3n) is 2.61. The predicted octanol–water partition coefficient (Wildman–Crippen LogP) is 3.91. The summed E-state index contributed by atoms with van der Waals surface area (Å²) in [6, 6.07) is 6.52. The number of rotatable bonds is 7. The Morgan fingerprint density at radius 2 is 2.05 bits per heavy atom. The number of alkyl halides is 2. The topological polar surface area (TPSA) is 34.1 Å². The maximum atomic E-state index is 12.1. The lowest BCUT2D eigenvalue weighted by Gasteiger charge is -2.04. The van der Waals surface area contributed by atoms with Crippen molar-refractivity contribution in [2.24, 2.45) is 0 Å². The molecular weight excluding hydrogens is 282 g/mol. The number of hydrogen-bond donors (Lipinski definition) is 1. The van der Waals surface area contributed by atoms with Crippen molar-refractivity contribution in [1.29, 1.82) is 0 Å². The van der Waals surface area contributed by atoms with Gasteiger partial charge in [0.25, 0.3) is 0 Å². The Morgan fingerprint density at radius 3 is 2.70 bits per heavy atom. The molecule has 1 heterocycles. The molecule has 2 aromatic rings. The highest BCUT2D eigenvalue weighted by Gasteiger charge is 2.07. The predicted molar refractivity (Wildman–Crippen MR) is 76.2 cm³/mol. The van der Waals surface area contributed by atoms with Gasteiger partial charge in [0.05, 0.1) is 5.69 Å². The number of hydrogen-bond acceptors (Lipinski definition) is 4. The lowest BCUT2D eigenvalue weighted by molar-refractivity contribution is -0.0498. The molecule has 0 radical (unpaired) electrons. The van der Waals surface area contributed by atoms with Gasteiger partial charge in [-0.25, -0.2) is 4.98 Å². The monoisotopic (exact) mass is 298 g/mol. The van der Waals surface area contributed by atoms with E-state index in [-0.39, 0.29) is 5.75 Å². The van der Waals surface area contributed by atoms with E-state index in [9.17, 15) is 8.78 Å². The van der Waals surface area contributed by atoms with Gasteiger partial charge in [0, 0.05) is 17.5 Å². The summed E-state index contributed by atoms with van der Waals surface area (Å²) in [5.74, 6) is 0.158. The normalized spacial score (nSPS) is 11.0. The molecule has 0 saturated carbocycles. The third kappa shape index (κ3) is 4.25. The van der Waals surface area contributed by atoms with Crippen LogP contribution in [0.2, 0.25) is 0 Å². The molecule has 108 valence electrons. The van der Waals surface area contributed by atoms with Crippen LogP contribution in [-0.2, 0) is 6.54 Å². The van der Waals surface area contributed by atoms with E-state index in [1.807, 2.05) is 5.38 Å². The molecule has 2 rings (SSSR count). The van der Waals surface area contributed by atoms with Crippen LogP contribution in [0.3, 0.4) is 0 Å². The Labute approximate surface area is 120 Å². The van der Waals surface area contributed by atoms with Gasteiger partial charge in [0.15, 0.2) is 0 Å². The summed E-state index contributed by atoms with van der Waals surface area (Å²) in [6.07, 6.45) is 1.09. The molecule has 0 unspecified atom stereocenters. The van der Waals surface area contributed by atoms with Crippen LogP contribution in [0.1, 0.15) is 19.0 Å². The number of halogens is 2. The molecule has 0 bridgehead atoms. The van der Waals surface area contributed by atoms with E-state index >= 15 is 0 Å². The first-order chi connectivity index (χ1) is 9.69. The number of nitrogens with zero attached hydrogens (tertiary/aromatic N) is 1. The highest BCUT2D eigenvalue weighted by molar-refractivity contribution is 7.13. The highest BCUT2D eigenvalue weighted by Crippen LogP contribution is 2.26. The first kappa shape index (κ1) is 14.9. The molecule has 0 aliphatic carbocycles. The smallest absolute Gasteiger partial charge is 0.387 e. The van der Waals surface area contributed by atoms with Crippen molar-refractivity contribution >= 4 is 11.3 Å². The Bertz CT molecular complexity index is 528. The number of thiazole rings is 1. The summed E-state index contributed by atoms with van der Waals surface area (Å²) in [5, 5.41) is 6.17. The summed E-state index contributed by atoms with van der Waals surface area (Å²) in [6.45, 7) is 1.03. The van der Waals surface area contributed by atoms with Crippen LogP contribution >= 0.6 is 11.3 Å². The molecule has 6 heteroatoms. The van der Waals surface area contributed by atoms with Crippen molar-refractivity contribution in [2.75, 3.05) is 6.54 Å². The van der Waals surface area contributed by atoms with E-state index in [2.05, 4.69) is 22.0 Å². The van der Waals surface area contributed by atoms with Gasteiger partial charge in [-0.2, -0.15) is 8.78 Å². The second kappa shape index (κ2) is 7.31. The Morgan fingerprint density at radius 1 is 1.30 bits per heavy atom. The van der Waals surface area contributed by atoms with Gasteiger partial charge in [0.2, 0.25) is 0 Å². The van der Waals surface area contributed by atoms with Crippen LogP contribution in [0.25, 0.3) is 10.6 Å². The van der Waals surface area contributed by atoms with Gasteiger partial charge in [-0.05, 0) is 37.2 Å². The number of aromatic nitrogens is 1. The molecule has 20 heavy (non-hydrogen) atoms. The summed E-state index contributed by atoms with van der Waals surface area (Å²) in [7, 11) is 0. The maximum Gasteiger partial charge on any atom is 0.387 e. The highest BCUT2D eigenvalue weighted by atomic mass is 32.1. The van der Waals surface area contributed by atoms with Crippen LogP contribution in [0.5, 0.6) is 5.75 Å². The molecular formula is C14H16F2N2OS. The number of ether oxygens (including phenoxy) is 1. The fourth-order valence-electron chi connectivity index (χ4n) is 1.69. The average molecular weight is 298 g/mol. The fraction of sp³-hybridized carbons (Fsp3) is 0.357. The summed E-state index contributed by atoms with van der Waals surface area (Å²) in [5.41, 5.74) is 1.89. The van der Waals surface area contributed by atoms with Crippen molar-refractivity contribution in [3.63, 3.8) is 0 Å². The zero-order valence-electron chi connectivity index (χ0n) is 11.1.